The maximum absolute atomic E-state index is 6.24. The summed E-state index contributed by atoms with van der Waals surface area (Å²) in [6.07, 6.45) is 3.72. The molecule has 1 N–H and O–H groups in total. The smallest absolute Gasteiger partial charge is 0.137 e. The number of halogens is 1. The fraction of sp³-hybridized carbons (Fsp3) is 0. The van der Waals surface area contributed by atoms with E-state index in [1.165, 1.54) is 0 Å². The molecule has 0 saturated carbocycles. The van der Waals surface area contributed by atoms with E-state index in [1.54, 1.807) is 17.5 Å². The number of benzene rings is 1. The molecule has 0 amide bonds. The van der Waals surface area contributed by atoms with Gasteiger partial charge in [0, 0.05) is 34.3 Å². The molecule has 0 radical (unpaired) electrons. The van der Waals surface area contributed by atoms with Gasteiger partial charge in [-0.05, 0) is 18.2 Å². The minimum absolute atomic E-state index is 0.721. The molecule has 4 rings (SSSR count). The first-order valence-corrected chi connectivity index (χ1v) is 7.71. The van der Waals surface area contributed by atoms with Crippen LogP contribution in [0.1, 0.15) is 0 Å². The van der Waals surface area contributed by atoms with E-state index in [-0.39, 0.29) is 0 Å². The Balaban J connectivity index is 1.83. The van der Waals surface area contributed by atoms with Crippen LogP contribution >= 0.6 is 22.9 Å². The highest BCUT2D eigenvalue weighted by atomic mass is 35.5. The van der Waals surface area contributed by atoms with Crippen molar-refractivity contribution in [3.8, 4) is 21.8 Å². The minimum Gasteiger partial charge on any atom is -0.345 e. The number of nitrogens with zero attached hydrogens (tertiary/aromatic N) is 2. The molecule has 0 fully saturated rings. The first-order chi connectivity index (χ1) is 10.3. The Morgan fingerprint density at radius 2 is 1.95 bits per heavy atom. The van der Waals surface area contributed by atoms with Gasteiger partial charge in [-0.1, -0.05) is 29.8 Å². The molecule has 5 heteroatoms. The zero-order chi connectivity index (χ0) is 14.2. The van der Waals surface area contributed by atoms with Gasteiger partial charge in [-0.25, -0.2) is 9.97 Å². The Morgan fingerprint density at radius 3 is 2.86 bits per heavy atom. The third-order valence-electron chi connectivity index (χ3n) is 3.34. The fourth-order valence-corrected chi connectivity index (χ4v) is 3.46. The van der Waals surface area contributed by atoms with E-state index in [9.17, 15) is 0 Å². The second-order valence-electron chi connectivity index (χ2n) is 4.62. The molecule has 21 heavy (non-hydrogen) atoms. The maximum Gasteiger partial charge on any atom is 0.137 e. The van der Waals surface area contributed by atoms with Crippen LogP contribution in [0.2, 0.25) is 5.02 Å². The van der Waals surface area contributed by atoms with E-state index < -0.39 is 0 Å². The van der Waals surface area contributed by atoms with E-state index >= 15 is 0 Å². The average Bonchev–Trinajstić information content (AvgIpc) is 3.14. The number of thiazole rings is 1. The summed E-state index contributed by atoms with van der Waals surface area (Å²) >= 11 is 7.83. The molecule has 0 aliphatic carbocycles. The highest BCUT2D eigenvalue weighted by Gasteiger charge is 2.12. The van der Waals surface area contributed by atoms with Crippen molar-refractivity contribution in [1.29, 1.82) is 0 Å². The van der Waals surface area contributed by atoms with Gasteiger partial charge < -0.3 is 4.98 Å². The molecule has 0 aliphatic rings. The summed E-state index contributed by atoms with van der Waals surface area (Å²) in [5.41, 5.74) is 3.84. The molecule has 102 valence electrons. The third kappa shape index (κ3) is 2.13. The first-order valence-electron chi connectivity index (χ1n) is 6.46. The van der Waals surface area contributed by atoms with Crippen LogP contribution < -0.4 is 0 Å². The van der Waals surface area contributed by atoms with Gasteiger partial charge in [0.05, 0.1) is 10.7 Å². The largest absolute Gasteiger partial charge is 0.345 e. The van der Waals surface area contributed by atoms with Crippen molar-refractivity contribution in [1.82, 2.24) is 15.0 Å². The van der Waals surface area contributed by atoms with Crippen LogP contribution in [0.25, 0.3) is 32.9 Å². The SMILES string of the molecule is Clc1ccccc1-c1nc(-c2c[nH]c3ncccc23)cs1. The summed E-state index contributed by atoms with van der Waals surface area (Å²) in [5, 5.41) is 4.77. The zero-order valence-corrected chi connectivity index (χ0v) is 12.4. The predicted molar refractivity (Wildman–Crippen MR) is 87.6 cm³/mol. The summed E-state index contributed by atoms with van der Waals surface area (Å²) in [7, 11) is 0. The Labute approximate surface area is 130 Å². The Hall–Kier alpha value is -2.17. The van der Waals surface area contributed by atoms with E-state index in [2.05, 4.69) is 9.97 Å². The van der Waals surface area contributed by atoms with Gasteiger partial charge in [0.25, 0.3) is 0 Å². The molecule has 0 unspecified atom stereocenters. The third-order valence-corrected chi connectivity index (χ3v) is 4.54. The topological polar surface area (TPSA) is 41.6 Å². The summed E-state index contributed by atoms with van der Waals surface area (Å²) < 4.78 is 0. The molecule has 4 aromatic rings. The van der Waals surface area contributed by atoms with E-state index in [1.807, 2.05) is 48.0 Å². The summed E-state index contributed by atoms with van der Waals surface area (Å²) in [6, 6.07) is 11.7. The van der Waals surface area contributed by atoms with Gasteiger partial charge in [-0.15, -0.1) is 11.3 Å². The molecular weight excluding hydrogens is 302 g/mol. The molecule has 0 atom stereocenters. The number of rotatable bonds is 2. The van der Waals surface area contributed by atoms with Crippen molar-refractivity contribution in [3.05, 3.63) is 59.2 Å². The lowest BCUT2D eigenvalue weighted by atomic mass is 10.2. The lowest BCUT2D eigenvalue weighted by Crippen LogP contribution is -1.80. The molecule has 0 bridgehead atoms. The number of nitrogens with one attached hydrogen (secondary N) is 1. The minimum atomic E-state index is 0.721. The molecule has 1 aromatic carbocycles. The Bertz CT molecular complexity index is 926. The lowest BCUT2D eigenvalue weighted by Gasteiger charge is -1.98. The normalized spacial score (nSPS) is 11.1. The second kappa shape index (κ2) is 4.98. The van der Waals surface area contributed by atoms with Gasteiger partial charge in [-0.3, -0.25) is 0 Å². The molecule has 3 aromatic heterocycles. The van der Waals surface area contributed by atoms with Crippen LogP contribution in [-0.2, 0) is 0 Å². The summed E-state index contributed by atoms with van der Waals surface area (Å²) in [5.74, 6) is 0. The van der Waals surface area contributed by atoms with Crippen LogP contribution in [0, 0.1) is 0 Å². The van der Waals surface area contributed by atoms with Crippen LogP contribution in [0.3, 0.4) is 0 Å². The van der Waals surface area contributed by atoms with E-state index in [0.29, 0.717) is 0 Å². The molecule has 0 saturated heterocycles. The maximum atomic E-state index is 6.24. The van der Waals surface area contributed by atoms with Crippen molar-refractivity contribution in [2.45, 2.75) is 0 Å². The first kappa shape index (κ1) is 12.6. The molecular formula is C16H10ClN3S. The number of hydrogen-bond acceptors (Lipinski definition) is 3. The highest BCUT2D eigenvalue weighted by Crippen LogP contribution is 2.34. The average molecular weight is 312 g/mol. The van der Waals surface area contributed by atoms with Crippen molar-refractivity contribution < 1.29 is 0 Å². The van der Waals surface area contributed by atoms with Gasteiger partial charge in [-0.2, -0.15) is 0 Å². The lowest BCUT2D eigenvalue weighted by molar-refractivity contribution is 1.32. The van der Waals surface area contributed by atoms with Crippen molar-refractivity contribution in [2.24, 2.45) is 0 Å². The monoisotopic (exact) mass is 311 g/mol. The number of aromatic nitrogens is 3. The molecule has 3 heterocycles. The molecule has 3 nitrogen and oxygen atoms in total. The predicted octanol–water partition coefficient (Wildman–Crippen LogP) is 5.01. The Kier molecular flexibility index (Phi) is 2.98. The van der Waals surface area contributed by atoms with Crippen LogP contribution in [0.4, 0.5) is 0 Å². The molecule has 0 aliphatic heterocycles. The van der Waals surface area contributed by atoms with Crippen molar-refractivity contribution in [3.63, 3.8) is 0 Å². The fourth-order valence-electron chi connectivity index (χ4n) is 2.32. The summed E-state index contributed by atoms with van der Waals surface area (Å²) in [4.78, 5) is 12.2. The van der Waals surface area contributed by atoms with Crippen molar-refractivity contribution in [2.75, 3.05) is 0 Å². The van der Waals surface area contributed by atoms with Crippen molar-refractivity contribution >= 4 is 34.0 Å². The second-order valence-corrected chi connectivity index (χ2v) is 5.88. The molecule has 0 spiro atoms. The number of fused-ring (bicyclic) bond motifs is 1. The van der Waals surface area contributed by atoms with Crippen LogP contribution in [-0.4, -0.2) is 15.0 Å². The number of H-pyrrole nitrogens is 1. The highest BCUT2D eigenvalue weighted by molar-refractivity contribution is 7.13. The standard InChI is InChI=1S/C16H10ClN3S/c17-13-6-2-1-4-11(13)16-20-14(9-21-16)12-8-19-15-10(12)5-3-7-18-15/h1-9H,(H,18,19). The van der Waals surface area contributed by atoms with Gasteiger partial charge >= 0.3 is 0 Å². The zero-order valence-electron chi connectivity index (χ0n) is 10.9. The quantitative estimate of drug-likeness (QED) is 0.565. The number of aromatic amines is 1. The Morgan fingerprint density at radius 1 is 1.05 bits per heavy atom. The van der Waals surface area contributed by atoms with Gasteiger partial charge in [0.15, 0.2) is 0 Å². The van der Waals surface area contributed by atoms with Gasteiger partial charge in [0.2, 0.25) is 0 Å². The van der Waals surface area contributed by atoms with E-state index in [4.69, 9.17) is 16.6 Å². The van der Waals surface area contributed by atoms with Crippen LogP contribution in [0.15, 0.2) is 54.2 Å². The van der Waals surface area contributed by atoms with E-state index in [0.717, 1.165) is 37.9 Å². The summed E-state index contributed by atoms with van der Waals surface area (Å²) in [6.45, 7) is 0. The number of pyridine rings is 1. The van der Waals surface area contributed by atoms with Crippen LogP contribution in [0.5, 0.6) is 0 Å². The van der Waals surface area contributed by atoms with Gasteiger partial charge in [0.1, 0.15) is 10.7 Å². The number of hydrogen-bond donors (Lipinski definition) is 1.